The third-order valence-electron chi connectivity index (χ3n) is 2.87. The molecule has 1 N–H and O–H groups in total. The fourth-order valence-electron chi connectivity index (χ4n) is 1.69. The van der Waals surface area contributed by atoms with Crippen LogP contribution in [0.1, 0.15) is 24.2 Å². The SMILES string of the molecule is CNC(C)c1ccc(-n2ccc(C)n2)c(Cl)c1. The molecule has 0 spiro atoms. The van der Waals surface area contributed by atoms with Crippen molar-refractivity contribution in [1.82, 2.24) is 15.1 Å². The maximum atomic E-state index is 6.29. The van der Waals surface area contributed by atoms with E-state index in [0.29, 0.717) is 11.1 Å². The number of rotatable bonds is 3. The molecule has 0 saturated carbocycles. The van der Waals surface area contributed by atoms with Gasteiger partial charge in [-0.2, -0.15) is 5.10 Å². The van der Waals surface area contributed by atoms with Crippen LogP contribution >= 0.6 is 11.6 Å². The van der Waals surface area contributed by atoms with Gasteiger partial charge in [0.25, 0.3) is 0 Å². The van der Waals surface area contributed by atoms with Gasteiger partial charge in [-0.15, -0.1) is 0 Å². The first-order valence-electron chi connectivity index (χ1n) is 5.61. The number of nitrogens with one attached hydrogen (secondary N) is 1. The molecule has 90 valence electrons. The van der Waals surface area contributed by atoms with Crippen LogP contribution in [0.15, 0.2) is 30.5 Å². The third kappa shape index (κ3) is 2.51. The van der Waals surface area contributed by atoms with Crippen molar-refractivity contribution in [3.63, 3.8) is 0 Å². The Labute approximate surface area is 106 Å². The van der Waals surface area contributed by atoms with Crippen LogP contribution in [0.4, 0.5) is 0 Å². The summed E-state index contributed by atoms with van der Waals surface area (Å²) in [6, 6.07) is 8.30. The second kappa shape index (κ2) is 4.90. The molecular formula is C13H16ClN3. The van der Waals surface area contributed by atoms with Crippen molar-refractivity contribution in [2.75, 3.05) is 7.05 Å². The lowest BCUT2D eigenvalue weighted by Gasteiger charge is -2.12. The third-order valence-corrected chi connectivity index (χ3v) is 3.18. The highest BCUT2D eigenvalue weighted by atomic mass is 35.5. The molecule has 3 nitrogen and oxygen atoms in total. The lowest BCUT2D eigenvalue weighted by molar-refractivity contribution is 0.652. The molecule has 0 bridgehead atoms. The van der Waals surface area contributed by atoms with Crippen LogP contribution in [0.3, 0.4) is 0 Å². The molecule has 0 saturated heterocycles. The molecule has 0 radical (unpaired) electrons. The molecule has 0 aliphatic rings. The zero-order valence-corrected chi connectivity index (χ0v) is 11.0. The topological polar surface area (TPSA) is 29.9 Å². The standard InChI is InChI=1S/C13H16ClN3/c1-9-6-7-17(16-9)13-5-4-11(8-12(13)14)10(2)15-3/h4-8,10,15H,1-3H3. The fourth-order valence-corrected chi connectivity index (χ4v) is 1.97. The zero-order chi connectivity index (χ0) is 12.4. The number of aromatic nitrogens is 2. The van der Waals surface area contributed by atoms with Crippen molar-refractivity contribution in [3.05, 3.63) is 46.7 Å². The van der Waals surface area contributed by atoms with Crippen molar-refractivity contribution in [3.8, 4) is 5.69 Å². The normalized spacial score (nSPS) is 12.7. The van der Waals surface area contributed by atoms with E-state index < -0.39 is 0 Å². The van der Waals surface area contributed by atoms with Crippen LogP contribution in [-0.4, -0.2) is 16.8 Å². The van der Waals surface area contributed by atoms with Crippen LogP contribution in [0.25, 0.3) is 5.69 Å². The summed E-state index contributed by atoms with van der Waals surface area (Å²) in [5.41, 5.74) is 3.06. The Balaban J connectivity index is 2.38. The minimum atomic E-state index is 0.293. The molecule has 0 fully saturated rings. The van der Waals surface area contributed by atoms with Crippen LogP contribution in [0, 0.1) is 6.92 Å². The van der Waals surface area contributed by atoms with E-state index in [2.05, 4.69) is 23.4 Å². The summed E-state index contributed by atoms with van der Waals surface area (Å²) in [5.74, 6) is 0. The van der Waals surface area contributed by atoms with Gasteiger partial charge in [0.1, 0.15) is 0 Å². The average Bonchev–Trinajstić information content (AvgIpc) is 2.74. The van der Waals surface area contributed by atoms with Gasteiger partial charge in [-0.25, -0.2) is 4.68 Å². The number of nitrogens with zero attached hydrogens (tertiary/aromatic N) is 2. The van der Waals surface area contributed by atoms with Crippen molar-refractivity contribution in [2.24, 2.45) is 0 Å². The Morgan fingerprint density at radius 3 is 2.65 bits per heavy atom. The van der Waals surface area contributed by atoms with E-state index in [9.17, 15) is 0 Å². The number of hydrogen-bond donors (Lipinski definition) is 1. The predicted octanol–water partition coefficient (Wildman–Crippen LogP) is 3.11. The molecular weight excluding hydrogens is 234 g/mol. The molecule has 1 atom stereocenters. The van der Waals surface area contributed by atoms with Crippen LogP contribution in [0.5, 0.6) is 0 Å². The van der Waals surface area contributed by atoms with E-state index in [0.717, 1.165) is 11.4 Å². The first kappa shape index (κ1) is 12.1. The number of halogens is 1. The Kier molecular flexibility index (Phi) is 3.50. The lowest BCUT2D eigenvalue weighted by Crippen LogP contribution is -2.12. The van der Waals surface area contributed by atoms with Gasteiger partial charge in [0.05, 0.1) is 16.4 Å². The summed E-state index contributed by atoms with van der Waals surface area (Å²) in [6.45, 7) is 4.06. The number of benzene rings is 1. The Morgan fingerprint density at radius 1 is 1.35 bits per heavy atom. The van der Waals surface area contributed by atoms with Gasteiger partial charge in [0.15, 0.2) is 0 Å². The predicted molar refractivity (Wildman–Crippen MR) is 70.8 cm³/mol. The van der Waals surface area contributed by atoms with Crippen LogP contribution in [-0.2, 0) is 0 Å². The second-order valence-electron chi connectivity index (χ2n) is 4.12. The van der Waals surface area contributed by atoms with Gasteiger partial charge in [0.2, 0.25) is 0 Å². The fraction of sp³-hybridized carbons (Fsp3) is 0.308. The first-order valence-corrected chi connectivity index (χ1v) is 5.99. The maximum Gasteiger partial charge on any atom is 0.0832 e. The first-order chi connectivity index (χ1) is 8.11. The molecule has 17 heavy (non-hydrogen) atoms. The average molecular weight is 250 g/mol. The van der Waals surface area contributed by atoms with Gasteiger partial charge < -0.3 is 5.32 Å². The van der Waals surface area contributed by atoms with Crippen LogP contribution in [0.2, 0.25) is 5.02 Å². The highest BCUT2D eigenvalue weighted by molar-refractivity contribution is 6.32. The molecule has 2 rings (SSSR count). The minimum Gasteiger partial charge on any atom is -0.313 e. The molecule has 1 aromatic heterocycles. The highest BCUT2D eigenvalue weighted by Gasteiger charge is 2.08. The van der Waals surface area contributed by atoms with E-state index in [1.165, 1.54) is 5.56 Å². The van der Waals surface area contributed by atoms with Crippen molar-refractivity contribution >= 4 is 11.6 Å². The summed E-state index contributed by atoms with van der Waals surface area (Å²) >= 11 is 6.29. The summed E-state index contributed by atoms with van der Waals surface area (Å²) in [6.07, 6.45) is 1.91. The zero-order valence-electron chi connectivity index (χ0n) is 10.2. The van der Waals surface area contributed by atoms with Gasteiger partial charge in [0, 0.05) is 12.2 Å². The largest absolute Gasteiger partial charge is 0.313 e. The lowest BCUT2D eigenvalue weighted by atomic mass is 10.1. The molecule has 4 heteroatoms. The summed E-state index contributed by atoms with van der Waals surface area (Å²) in [4.78, 5) is 0. The molecule has 1 unspecified atom stereocenters. The van der Waals surface area contributed by atoms with Gasteiger partial charge in [-0.1, -0.05) is 17.7 Å². The number of hydrogen-bond acceptors (Lipinski definition) is 2. The Hall–Kier alpha value is -1.32. The van der Waals surface area contributed by atoms with Crippen molar-refractivity contribution < 1.29 is 0 Å². The Bertz CT molecular complexity index is 519. The smallest absolute Gasteiger partial charge is 0.0832 e. The molecule has 0 aliphatic carbocycles. The monoisotopic (exact) mass is 249 g/mol. The highest BCUT2D eigenvalue weighted by Crippen LogP contribution is 2.24. The van der Waals surface area contributed by atoms with E-state index in [1.807, 2.05) is 38.4 Å². The van der Waals surface area contributed by atoms with E-state index in [-0.39, 0.29) is 0 Å². The van der Waals surface area contributed by atoms with Crippen molar-refractivity contribution in [1.29, 1.82) is 0 Å². The van der Waals surface area contributed by atoms with Gasteiger partial charge in [-0.3, -0.25) is 0 Å². The number of aryl methyl sites for hydroxylation is 1. The summed E-state index contributed by atoms with van der Waals surface area (Å²) < 4.78 is 1.80. The second-order valence-corrected chi connectivity index (χ2v) is 4.53. The quantitative estimate of drug-likeness (QED) is 0.906. The molecule has 2 aromatic rings. The van der Waals surface area contributed by atoms with E-state index in [1.54, 1.807) is 4.68 Å². The van der Waals surface area contributed by atoms with Crippen molar-refractivity contribution in [2.45, 2.75) is 19.9 Å². The molecule has 0 aliphatic heterocycles. The molecule has 0 amide bonds. The van der Waals surface area contributed by atoms with E-state index in [4.69, 9.17) is 11.6 Å². The summed E-state index contributed by atoms with van der Waals surface area (Å²) in [7, 11) is 1.93. The molecule has 1 aromatic carbocycles. The van der Waals surface area contributed by atoms with Crippen LogP contribution < -0.4 is 5.32 Å². The Morgan fingerprint density at radius 2 is 2.12 bits per heavy atom. The molecule has 1 heterocycles. The minimum absolute atomic E-state index is 0.293. The van der Waals surface area contributed by atoms with Gasteiger partial charge >= 0.3 is 0 Å². The van der Waals surface area contributed by atoms with E-state index >= 15 is 0 Å². The maximum absolute atomic E-state index is 6.29. The van der Waals surface area contributed by atoms with Gasteiger partial charge in [-0.05, 0) is 44.7 Å². The summed E-state index contributed by atoms with van der Waals surface area (Å²) in [5, 5.41) is 8.26.